The van der Waals surface area contributed by atoms with Crippen LogP contribution >= 0.6 is 0 Å². The van der Waals surface area contributed by atoms with E-state index in [1.54, 1.807) is 0 Å². The summed E-state index contributed by atoms with van der Waals surface area (Å²) in [6, 6.07) is 19.4. The Balaban J connectivity index is 1.88. The van der Waals surface area contributed by atoms with E-state index in [2.05, 4.69) is 89.2 Å². The maximum absolute atomic E-state index is 6.24. The zero-order valence-electron chi connectivity index (χ0n) is 15.4. The van der Waals surface area contributed by atoms with Gasteiger partial charge in [0.15, 0.2) is 0 Å². The van der Waals surface area contributed by atoms with Gasteiger partial charge in [0.2, 0.25) is 0 Å². The van der Waals surface area contributed by atoms with E-state index in [0.29, 0.717) is 0 Å². The summed E-state index contributed by atoms with van der Waals surface area (Å²) in [6.45, 7) is 10.6. The van der Waals surface area contributed by atoms with Crippen LogP contribution in [0.25, 0.3) is 0 Å². The minimum atomic E-state index is -0.286. The number of hydrogen-bond donors (Lipinski definition) is 0. The molecule has 3 rings (SSSR count). The second kappa shape index (κ2) is 6.38. The van der Waals surface area contributed by atoms with Gasteiger partial charge in [0.25, 0.3) is 0 Å². The SMILES string of the molecule is Cc1ccc(C(CB2OC(C)(C)C(C)(C)O2)c2ccccc2)cc1. The standard InChI is InChI=1S/C21H27BO2/c1-16-11-13-18(14-12-16)19(17-9-7-6-8-10-17)15-22-23-20(2,3)21(4,5)24-22/h6-14,19H,15H2,1-5H3. The summed E-state index contributed by atoms with van der Waals surface area (Å²) in [5, 5.41) is 0. The van der Waals surface area contributed by atoms with Gasteiger partial charge in [0, 0.05) is 5.92 Å². The van der Waals surface area contributed by atoms with Gasteiger partial charge in [-0.3, -0.25) is 0 Å². The van der Waals surface area contributed by atoms with Crippen LogP contribution in [0.15, 0.2) is 54.6 Å². The molecular formula is C21H27BO2. The zero-order valence-corrected chi connectivity index (χ0v) is 15.4. The molecule has 0 radical (unpaired) electrons. The molecule has 3 heteroatoms. The van der Waals surface area contributed by atoms with E-state index in [1.165, 1.54) is 16.7 Å². The molecule has 0 spiro atoms. The van der Waals surface area contributed by atoms with Gasteiger partial charge in [-0.1, -0.05) is 60.2 Å². The van der Waals surface area contributed by atoms with Crippen LogP contribution in [0.5, 0.6) is 0 Å². The Hall–Kier alpha value is -1.58. The summed E-state index contributed by atoms with van der Waals surface area (Å²) in [5.41, 5.74) is 3.32. The van der Waals surface area contributed by atoms with Crippen LogP contribution in [0.1, 0.15) is 50.3 Å². The Morgan fingerprint density at radius 3 is 1.83 bits per heavy atom. The smallest absolute Gasteiger partial charge is 0.403 e. The summed E-state index contributed by atoms with van der Waals surface area (Å²) in [7, 11) is -0.193. The van der Waals surface area contributed by atoms with Crippen molar-refractivity contribution in [3.63, 3.8) is 0 Å². The van der Waals surface area contributed by atoms with Crippen molar-refractivity contribution < 1.29 is 9.31 Å². The molecule has 1 atom stereocenters. The van der Waals surface area contributed by atoms with Gasteiger partial charge in [-0.15, -0.1) is 0 Å². The van der Waals surface area contributed by atoms with Gasteiger partial charge in [0.1, 0.15) is 0 Å². The van der Waals surface area contributed by atoms with Gasteiger partial charge in [-0.2, -0.15) is 0 Å². The normalized spacial score (nSPS) is 20.1. The van der Waals surface area contributed by atoms with E-state index in [4.69, 9.17) is 9.31 Å². The molecule has 0 amide bonds. The Labute approximate surface area is 146 Å². The van der Waals surface area contributed by atoms with Gasteiger partial charge < -0.3 is 9.31 Å². The van der Waals surface area contributed by atoms with E-state index in [1.807, 2.05) is 0 Å². The van der Waals surface area contributed by atoms with Gasteiger partial charge in [-0.05, 0) is 52.1 Å². The lowest BCUT2D eigenvalue weighted by Gasteiger charge is -2.32. The third-order valence-corrected chi connectivity index (χ3v) is 5.41. The minimum Gasteiger partial charge on any atom is -0.403 e. The van der Waals surface area contributed by atoms with Gasteiger partial charge in [-0.25, -0.2) is 0 Å². The van der Waals surface area contributed by atoms with Crippen molar-refractivity contribution in [3.8, 4) is 0 Å². The molecule has 2 aromatic rings. The Kier molecular flexibility index (Phi) is 4.59. The highest BCUT2D eigenvalue weighted by Gasteiger charge is 2.51. The predicted molar refractivity (Wildman–Crippen MR) is 100 cm³/mol. The van der Waals surface area contributed by atoms with Crippen molar-refractivity contribution in [2.45, 2.75) is 58.1 Å². The molecule has 126 valence electrons. The average Bonchev–Trinajstić information content (AvgIpc) is 2.74. The second-order valence-corrected chi connectivity index (χ2v) is 7.80. The largest absolute Gasteiger partial charge is 0.458 e. The molecule has 1 saturated heterocycles. The van der Waals surface area contributed by atoms with E-state index in [0.717, 1.165) is 6.32 Å². The third-order valence-electron chi connectivity index (χ3n) is 5.41. The molecule has 24 heavy (non-hydrogen) atoms. The zero-order chi connectivity index (χ0) is 17.4. The van der Waals surface area contributed by atoms with Crippen LogP contribution in [0.4, 0.5) is 0 Å². The molecule has 1 aliphatic heterocycles. The molecule has 0 aliphatic carbocycles. The molecule has 1 unspecified atom stereocenters. The quantitative estimate of drug-likeness (QED) is 0.719. The summed E-state index contributed by atoms with van der Waals surface area (Å²) < 4.78 is 12.5. The molecule has 1 fully saturated rings. The Bertz CT molecular complexity index is 661. The number of hydrogen-bond acceptors (Lipinski definition) is 2. The highest BCUT2D eigenvalue weighted by Crippen LogP contribution is 2.41. The van der Waals surface area contributed by atoms with Gasteiger partial charge >= 0.3 is 7.12 Å². The highest BCUT2D eigenvalue weighted by molar-refractivity contribution is 6.45. The van der Waals surface area contributed by atoms with Crippen LogP contribution in [-0.2, 0) is 9.31 Å². The molecule has 1 heterocycles. The first-order chi connectivity index (χ1) is 11.3. The summed E-state index contributed by atoms with van der Waals surface area (Å²) in [6.07, 6.45) is 0.819. The molecule has 0 aromatic heterocycles. The van der Waals surface area contributed by atoms with Crippen LogP contribution in [0.3, 0.4) is 0 Å². The monoisotopic (exact) mass is 322 g/mol. The summed E-state index contributed by atoms with van der Waals surface area (Å²) >= 11 is 0. The molecular weight excluding hydrogens is 295 g/mol. The van der Waals surface area contributed by atoms with E-state index in [-0.39, 0.29) is 24.2 Å². The fourth-order valence-corrected chi connectivity index (χ4v) is 3.20. The first-order valence-corrected chi connectivity index (χ1v) is 8.76. The van der Waals surface area contributed by atoms with Crippen LogP contribution in [0, 0.1) is 6.92 Å². The van der Waals surface area contributed by atoms with Crippen molar-refractivity contribution in [1.29, 1.82) is 0 Å². The third kappa shape index (κ3) is 3.43. The second-order valence-electron chi connectivity index (χ2n) is 7.80. The lowest BCUT2D eigenvalue weighted by molar-refractivity contribution is 0.00578. The van der Waals surface area contributed by atoms with E-state index in [9.17, 15) is 0 Å². The van der Waals surface area contributed by atoms with Crippen molar-refractivity contribution >= 4 is 7.12 Å². The maximum Gasteiger partial charge on any atom is 0.458 e. The Morgan fingerprint density at radius 1 is 0.792 bits per heavy atom. The summed E-state index contributed by atoms with van der Waals surface area (Å²) in [4.78, 5) is 0. The summed E-state index contributed by atoms with van der Waals surface area (Å²) in [5.74, 6) is 0.265. The minimum absolute atomic E-state index is 0.193. The van der Waals surface area contributed by atoms with Crippen molar-refractivity contribution in [1.82, 2.24) is 0 Å². The lowest BCUT2D eigenvalue weighted by Crippen LogP contribution is -2.41. The number of benzene rings is 2. The van der Waals surface area contributed by atoms with E-state index < -0.39 is 0 Å². The molecule has 0 N–H and O–H groups in total. The van der Waals surface area contributed by atoms with Crippen LogP contribution in [-0.4, -0.2) is 18.3 Å². The van der Waals surface area contributed by atoms with Crippen molar-refractivity contribution in [3.05, 3.63) is 71.3 Å². The lowest BCUT2D eigenvalue weighted by atomic mass is 9.72. The van der Waals surface area contributed by atoms with Gasteiger partial charge in [0.05, 0.1) is 11.2 Å². The van der Waals surface area contributed by atoms with E-state index >= 15 is 0 Å². The fraction of sp³-hybridized carbons (Fsp3) is 0.429. The van der Waals surface area contributed by atoms with Crippen molar-refractivity contribution in [2.24, 2.45) is 0 Å². The van der Waals surface area contributed by atoms with Crippen LogP contribution < -0.4 is 0 Å². The van der Waals surface area contributed by atoms with Crippen LogP contribution in [0.2, 0.25) is 6.32 Å². The maximum atomic E-state index is 6.24. The fourth-order valence-electron chi connectivity index (χ4n) is 3.20. The first kappa shape index (κ1) is 17.3. The first-order valence-electron chi connectivity index (χ1n) is 8.76. The highest BCUT2D eigenvalue weighted by atomic mass is 16.7. The number of rotatable bonds is 4. The average molecular weight is 322 g/mol. The topological polar surface area (TPSA) is 18.5 Å². The predicted octanol–water partition coefficient (Wildman–Crippen LogP) is 5.22. The Morgan fingerprint density at radius 2 is 1.29 bits per heavy atom. The molecule has 2 aromatic carbocycles. The molecule has 0 bridgehead atoms. The van der Waals surface area contributed by atoms with Crippen molar-refractivity contribution in [2.75, 3.05) is 0 Å². The molecule has 1 aliphatic rings. The molecule has 2 nitrogen and oxygen atoms in total. The number of aryl methyl sites for hydroxylation is 1. The molecule has 0 saturated carbocycles.